The summed E-state index contributed by atoms with van der Waals surface area (Å²) in [5, 5.41) is 2.63. The SMILES string of the molecule is COC(=O)c1ccccc1Nc1nc(Cl)nc(Cl)c1C=O. The van der Waals surface area contributed by atoms with Crippen LogP contribution in [0.1, 0.15) is 20.7 Å². The zero-order valence-electron chi connectivity index (χ0n) is 10.8. The van der Waals surface area contributed by atoms with E-state index in [4.69, 9.17) is 23.2 Å². The lowest BCUT2D eigenvalue weighted by Gasteiger charge is -2.12. The average Bonchev–Trinajstić information content (AvgIpc) is 2.46. The van der Waals surface area contributed by atoms with Crippen molar-refractivity contribution in [3.05, 3.63) is 45.8 Å². The zero-order valence-corrected chi connectivity index (χ0v) is 12.3. The van der Waals surface area contributed by atoms with Crippen molar-refractivity contribution in [2.45, 2.75) is 0 Å². The third-order valence-electron chi connectivity index (χ3n) is 2.58. The highest BCUT2D eigenvalue weighted by Crippen LogP contribution is 2.26. The Bertz CT molecular complexity index is 707. The number of esters is 1. The maximum absolute atomic E-state index is 11.7. The molecule has 0 saturated heterocycles. The summed E-state index contributed by atoms with van der Waals surface area (Å²) in [6.07, 6.45) is 0.502. The van der Waals surface area contributed by atoms with Crippen LogP contribution in [0.25, 0.3) is 0 Å². The standard InChI is InChI=1S/C13H9Cl2N3O3/c1-21-12(20)7-4-2-3-5-9(7)16-11-8(6-19)10(14)17-13(15)18-11/h2-6H,1H3,(H,16,17,18). The van der Waals surface area contributed by atoms with Crippen LogP contribution in [0.2, 0.25) is 10.4 Å². The third-order valence-corrected chi connectivity index (χ3v) is 3.03. The summed E-state index contributed by atoms with van der Waals surface area (Å²) >= 11 is 11.6. The van der Waals surface area contributed by atoms with Gasteiger partial charge in [0.05, 0.1) is 23.9 Å². The molecule has 0 aliphatic rings. The Balaban J connectivity index is 2.48. The van der Waals surface area contributed by atoms with Crippen LogP contribution in [0, 0.1) is 0 Å². The number of carbonyl (C=O) groups excluding carboxylic acids is 2. The van der Waals surface area contributed by atoms with Crippen LogP contribution in [-0.2, 0) is 4.74 Å². The molecule has 0 unspecified atom stereocenters. The van der Waals surface area contributed by atoms with Crippen molar-refractivity contribution < 1.29 is 14.3 Å². The molecule has 1 aromatic carbocycles. The normalized spacial score (nSPS) is 10.0. The van der Waals surface area contributed by atoms with E-state index in [2.05, 4.69) is 20.0 Å². The molecule has 0 aliphatic heterocycles. The molecule has 1 heterocycles. The van der Waals surface area contributed by atoms with E-state index in [9.17, 15) is 9.59 Å². The molecule has 8 heteroatoms. The summed E-state index contributed by atoms with van der Waals surface area (Å²) in [7, 11) is 1.27. The number of para-hydroxylation sites is 1. The molecule has 0 bridgehead atoms. The van der Waals surface area contributed by atoms with Gasteiger partial charge in [0.1, 0.15) is 11.0 Å². The molecule has 0 spiro atoms. The summed E-state index contributed by atoms with van der Waals surface area (Å²) in [5.74, 6) is -0.427. The fourth-order valence-electron chi connectivity index (χ4n) is 1.62. The van der Waals surface area contributed by atoms with Gasteiger partial charge in [-0.15, -0.1) is 0 Å². The van der Waals surface area contributed by atoms with E-state index in [-0.39, 0.29) is 27.4 Å². The van der Waals surface area contributed by atoms with Crippen LogP contribution in [0.15, 0.2) is 24.3 Å². The molecule has 1 aromatic heterocycles. The predicted octanol–water partition coefficient (Wildman–Crippen LogP) is 3.13. The van der Waals surface area contributed by atoms with Gasteiger partial charge in [-0.3, -0.25) is 4.79 Å². The Morgan fingerprint density at radius 3 is 2.67 bits per heavy atom. The van der Waals surface area contributed by atoms with Crippen molar-refractivity contribution in [3.8, 4) is 0 Å². The Morgan fingerprint density at radius 1 is 1.29 bits per heavy atom. The summed E-state index contributed by atoms with van der Waals surface area (Å²) in [4.78, 5) is 30.4. The second-order valence-electron chi connectivity index (χ2n) is 3.83. The van der Waals surface area contributed by atoms with E-state index in [1.54, 1.807) is 24.3 Å². The molecule has 21 heavy (non-hydrogen) atoms. The van der Waals surface area contributed by atoms with Gasteiger partial charge in [-0.05, 0) is 23.7 Å². The number of anilines is 2. The molecule has 0 fully saturated rings. The molecule has 1 N–H and O–H groups in total. The van der Waals surface area contributed by atoms with Crippen molar-refractivity contribution in [1.82, 2.24) is 9.97 Å². The quantitative estimate of drug-likeness (QED) is 0.402. The molecule has 0 atom stereocenters. The van der Waals surface area contributed by atoms with Crippen molar-refractivity contribution in [2.75, 3.05) is 12.4 Å². The van der Waals surface area contributed by atoms with Crippen LogP contribution in [0.4, 0.5) is 11.5 Å². The highest BCUT2D eigenvalue weighted by molar-refractivity contribution is 6.34. The Hall–Kier alpha value is -2.18. The fourth-order valence-corrected chi connectivity index (χ4v) is 2.05. The highest BCUT2D eigenvalue weighted by Gasteiger charge is 2.16. The summed E-state index contributed by atoms with van der Waals surface area (Å²) in [5.41, 5.74) is 0.724. The first-order valence-electron chi connectivity index (χ1n) is 5.69. The van der Waals surface area contributed by atoms with Crippen LogP contribution < -0.4 is 5.32 Å². The zero-order chi connectivity index (χ0) is 15.4. The van der Waals surface area contributed by atoms with Crippen molar-refractivity contribution in [1.29, 1.82) is 0 Å². The van der Waals surface area contributed by atoms with Gasteiger partial charge < -0.3 is 10.1 Å². The summed E-state index contributed by atoms with van der Waals surface area (Å²) in [6, 6.07) is 6.58. The van der Waals surface area contributed by atoms with E-state index < -0.39 is 5.97 Å². The molecular formula is C13H9Cl2N3O3. The van der Waals surface area contributed by atoms with Crippen molar-refractivity contribution in [2.24, 2.45) is 0 Å². The molecule has 0 aliphatic carbocycles. The largest absolute Gasteiger partial charge is 0.465 e. The molecule has 2 aromatic rings. The number of hydrogen-bond acceptors (Lipinski definition) is 6. The van der Waals surface area contributed by atoms with Crippen LogP contribution >= 0.6 is 23.2 Å². The number of aromatic nitrogens is 2. The molecule has 0 amide bonds. The minimum atomic E-state index is -0.531. The Kier molecular flexibility index (Phi) is 4.72. The van der Waals surface area contributed by atoms with Crippen LogP contribution in [0.5, 0.6) is 0 Å². The summed E-state index contributed by atoms with van der Waals surface area (Å²) < 4.78 is 4.69. The second-order valence-corrected chi connectivity index (χ2v) is 4.52. The first-order chi connectivity index (χ1) is 10.1. The van der Waals surface area contributed by atoms with Gasteiger partial charge in [-0.2, -0.15) is 4.98 Å². The average molecular weight is 326 g/mol. The highest BCUT2D eigenvalue weighted by atomic mass is 35.5. The molecule has 2 rings (SSSR count). The minimum Gasteiger partial charge on any atom is -0.465 e. The monoisotopic (exact) mass is 325 g/mol. The smallest absolute Gasteiger partial charge is 0.339 e. The van der Waals surface area contributed by atoms with Crippen molar-refractivity contribution in [3.63, 3.8) is 0 Å². The fraction of sp³-hybridized carbons (Fsp3) is 0.0769. The predicted molar refractivity (Wildman–Crippen MR) is 78.5 cm³/mol. The molecule has 6 nitrogen and oxygen atoms in total. The number of benzene rings is 1. The van der Waals surface area contributed by atoms with Crippen LogP contribution in [-0.4, -0.2) is 29.3 Å². The van der Waals surface area contributed by atoms with Gasteiger partial charge in [0.15, 0.2) is 6.29 Å². The van der Waals surface area contributed by atoms with Crippen LogP contribution in [0.3, 0.4) is 0 Å². The van der Waals surface area contributed by atoms with E-state index in [0.29, 0.717) is 12.0 Å². The van der Waals surface area contributed by atoms with Crippen molar-refractivity contribution >= 4 is 47.0 Å². The van der Waals surface area contributed by atoms with E-state index in [1.807, 2.05) is 0 Å². The number of nitrogens with one attached hydrogen (secondary N) is 1. The van der Waals surface area contributed by atoms with Gasteiger partial charge in [-0.25, -0.2) is 9.78 Å². The lowest BCUT2D eigenvalue weighted by Crippen LogP contribution is -2.08. The number of aldehydes is 1. The number of halogens is 2. The molecular weight excluding hydrogens is 317 g/mol. The first kappa shape index (κ1) is 15.2. The second kappa shape index (κ2) is 6.51. The van der Waals surface area contributed by atoms with E-state index in [1.165, 1.54) is 7.11 Å². The summed E-state index contributed by atoms with van der Waals surface area (Å²) in [6.45, 7) is 0. The third kappa shape index (κ3) is 3.29. The van der Waals surface area contributed by atoms with Gasteiger partial charge in [0, 0.05) is 0 Å². The lowest BCUT2D eigenvalue weighted by molar-refractivity contribution is 0.0602. The van der Waals surface area contributed by atoms with E-state index >= 15 is 0 Å². The molecule has 0 radical (unpaired) electrons. The maximum atomic E-state index is 11.7. The minimum absolute atomic E-state index is 0.0423. The first-order valence-corrected chi connectivity index (χ1v) is 6.45. The maximum Gasteiger partial charge on any atom is 0.339 e. The van der Waals surface area contributed by atoms with Gasteiger partial charge in [0.2, 0.25) is 5.28 Å². The number of ether oxygens (including phenoxy) is 1. The number of hydrogen-bond donors (Lipinski definition) is 1. The number of nitrogens with zero attached hydrogens (tertiary/aromatic N) is 2. The Labute approximate surface area is 130 Å². The lowest BCUT2D eigenvalue weighted by atomic mass is 10.1. The number of rotatable bonds is 4. The van der Waals surface area contributed by atoms with Gasteiger partial charge in [-0.1, -0.05) is 23.7 Å². The Morgan fingerprint density at radius 2 is 2.00 bits per heavy atom. The van der Waals surface area contributed by atoms with Gasteiger partial charge >= 0.3 is 5.97 Å². The topological polar surface area (TPSA) is 81.2 Å². The number of methoxy groups -OCH3 is 1. The number of carbonyl (C=O) groups is 2. The van der Waals surface area contributed by atoms with Gasteiger partial charge in [0.25, 0.3) is 0 Å². The molecule has 0 saturated carbocycles. The molecule has 108 valence electrons. The van der Waals surface area contributed by atoms with E-state index in [0.717, 1.165) is 0 Å².